The van der Waals surface area contributed by atoms with Crippen molar-refractivity contribution in [3.63, 3.8) is 0 Å². The number of carboxylic acid groups (broad SMARTS) is 1. The van der Waals surface area contributed by atoms with Gasteiger partial charge in [-0.25, -0.2) is 4.79 Å². The number of hydrogen-bond donors (Lipinski definition) is 2. The van der Waals surface area contributed by atoms with Gasteiger partial charge >= 0.3 is 5.97 Å². The van der Waals surface area contributed by atoms with Crippen LogP contribution in [0.2, 0.25) is 0 Å². The minimum absolute atomic E-state index is 0.244. The van der Waals surface area contributed by atoms with Crippen molar-refractivity contribution < 1.29 is 19.7 Å². The molecule has 30 heavy (non-hydrogen) atoms. The zero-order valence-corrected chi connectivity index (χ0v) is 16.7. The number of hydrogen-bond acceptors (Lipinski definition) is 4. The third kappa shape index (κ3) is 3.53. The highest BCUT2D eigenvalue weighted by Gasteiger charge is 2.19. The van der Waals surface area contributed by atoms with Crippen molar-refractivity contribution in [2.24, 2.45) is 0 Å². The lowest BCUT2D eigenvalue weighted by molar-refractivity contribution is 0.0697. The van der Waals surface area contributed by atoms with Crippen LogP contribution in [0.1, 0.15) is 40.2 Å². The first-order chi connectivity index (χ1) is 14.5. The minimum atomic E-state index is -0.970. The lowest BCUT2D eigenvalue weighted by atomic mass is 9.96. The van der Waals surface area contributed by atoms with E-state index in [1.54, 1.807) is 24.4 Å². The molecule has 0 saturated heterocycles. The van der Waals surface area contributed by atoms with E-state index in [1.807, 2.05) is 60.7 Å². The molecule has 6 nitrogen and oxygen atoms in total. The summed E-state index contributed by atoms with van der Waals surface area (Å²) in [7, 11) is 0. The summed E-state index contributed by atoms with van der Waals surface area (Å²) in [4.78, 5) is 15.9. The summed E-state index contributed by atoms with van der Waals surface area (Å²) in [5.41, 5.74) is 4.70. The molecule has 1 unspecified atom stereocenters. The number of benzene rings is 2. The van der Waals surface area contributed by atoms with E-state index in [-0.39, 0.29) is 5.56 Å². The second-order valence-electron chi connectivity index (χ2n) is 7.02. The number of ether oxygens (including phenoxy) is 1. The fraction of sp³-hybridized carbons (Fsp3) is 0.167. The van der Waals surface area contributed by atoms with Gasteiger partial charge in [0.05, 0.1) is 24.1 Å². The largest absolute Gasteiger partial charge is 0.478 e. The van der Waals surface area contributed by atoms with Crippen LogP contribution in [0.15, 0.2) is 66.9 Å². The van der Waals surface area contributed by atoms with Crippen LogP contribution in [0, 0.1) is 6.92 Å². The summed E-state index contributed by atoms with van der Waals surface area (Å²) in [6.07, 6.45) is 0.906. The van der Waals surface area contributed by atoms with Crippen LogP contribution < -0.4 is 4.74 Å². The molecule has 4 aromatic rings. The number of aryl methyl sites for hydroxylation is 1. The molecule has 0 aliphatic rings. The Kier molecular flexibility index (Phi) is 5.25. The second-order valence-corrected chi connectivity index (χ2v) is 7.02. The van der Waals surface area contributed by atoms with Gasteiger partial charge in [0.1, 0.15) is 11.8 Å². The first-order valence-electron chi connectivity index (χ1n) is 9.71. The Hall–Kier alpha value is -3.64. The van der Waals surface area contributed by atoms with Gasteiger partial charge in [0.2, 0.25) is 5.88 Å². The summed E-state index contributed by atoms with van der Waals surface area (Å²) in [5.74, 6) is -0.459. The van der Waals surface area contributed by atoms with Gasteiger partial charge in [-0.05, 0) is 48.2 Å². The molecular formula is C24H22N2O4. The Labute approximate surface area is 174 Å². The van der Waals surface area contributed by atoms with Crippen LogP contribution in [0.25, 0.3) is 16.8 Å². The first-order valence-corrected chi connectivity index (χ1v) is 9.71. The molecule has 0 amide bonds. The normalized spacial score (nSPS) is 12.1. The summed E-state index contributed by atoms with van der Waals surface area (Å²) in [6.45, 7) is 4.35. The second kappa shape index (κ2) is 8.00. The van der Waals surface area contributed by atoms with Crippen molar-refractivity contribution in [2.75, 3.05) is 6.61 Å². The summed E-state index contributed by atoms with van der Waals surface area (Å²) < 4.78 is 7.35. The van der Waals surface area contributed by atoms with E-state index in [1.165, 1.54) is 0 Å². The van der Waals surface area contributed by atoms with Crippen LogP contribution in [0.3, 0.4) is 0 Å². The van der Waals surface area contributed by atoms with Gasteiger partial charge in [0.15, 0.2) is 0 Å². The van der Waals surface area contributed by atoms with Gasteiger partial charge in [0.25, 0.3) is 0 Å². The van der Waals surface area contributed by atoms with Crippen LogP contribution in [-0.4, -0.2) is 32.2 Å². The maximum Gasteiger partial charge on any atom is 0.336 e. The first kappa shape index (κ1) is 19.7. The fourth-order valence-electron chi connectivity index (χ4n) is 3.65. The minimum Gasteiger partial charge on any atom is -0.478 e. The molecule has 0 radical (unpaired) electrons. The number of aliphatic hydroxyl groups excluding tert-OH is 1. The molecule has 1 atom stereocenters. The highest BCUT2D eigenvalue weighted by atomic mass is 16.5. The molecule has 0 aliphatic carbocycles. The number of carbonyl (C=O) groups is 1. The van der Waals surface area contributed by atoms with E-state index in [9.17, 15) is 15.0 Å². The number of rotatable bonds is 6. The molecule has 2 heterocycles. The Morgan fingerprint density at radius 3 is 2.53 bits per heavy atom. The number of nitrogens with zero attached hydrogens (tertiary/aromatic N) is 2. The highest BCUT2D eigenvalue weighted by Crippen LogP contribution is 2.30. The van der Waals surface area contributed by atoms with Gasteiger partial charge in [-0.3, -0.25) is 4.40 Å². The molecule has 4 rings (SSSR count). The number of aromatic nitrogens is 2. The average Bonchev–Trinajstić information content (AvgIpc) is 3.16. The molecule has 0 fully saturated rings. The predicted octanol–water partition coefficient (Wildman–Crippen LogP) is 4.49. The van der Waals surface area contributed by atoms with Crippen LogP contribution in [0.4, 0.5) is 0 Å². The Bertz CT molecular complexity index is 1210. The molecule has 2 aromatic heterocycles. The lowest BCUT2D eigenvalue weighted by Gasteiger charge is -2.17. The molecule has 0 saturated carbocycles. The molecule has 2 aromatic carbocycles. The molecule has 2 N–H and O–H groups in total. The highest BCUT2D eigenvalue weighted by molar-refractivity contribution is 5.96. The topological polar surface area (TPSA) is 84.1 Å². The zero-order chi connectivity index (χ0) is 21.3. The number of aliphatic hydroxyl groups is 1. The quantitative estimate of drug-likeness (QED) is 0.496. The molecule has 0 bridgehead atoms. The van der Waals surface area contributed by atoms with Gasteiger partial charge < -0.3 is 14.9 Å². The van der Waals surface area contributed by atoms with Crippen molar-refractivity contribution in [3.05, 3.63) is 89.2 Å². The smallest absolute Gasteiger partial charge is 0.336 e. The lowest BCUT2D eigenvalue weighted by Crippen LogP contribution is -2.08. The zero-order valence-electron chi connectivity index (χ0n) is 16.7. The standard InChI is InChI=1S/C24H22N2O4/c1-3-30-21-14-26-20(25-21)13-8-15(2)22(26)23(27)17-11-9-16(10-12-17)18-6-4-5-7-19(18)24(28)29/h4-14,23,27H,3H2,1-2H3,(H,28,29). The van der Waals surface area contributed by atoms with Crippen LogP contribution in [0.5, 0.6) is 5.88 Å². The summed E-state index contributed by atoms with van der Waals surface area (Å²) >= 11 is 0. The Morgan fingerprint density at radius 1 is 1.10 bits per heavy atom. The Morgan fingerprint density at radius 2 is 1.83 bits per heavy atom. The average molecular weight is 402 g/mol. The maximum atomic E-state index is 11.5. The predicted molar refractivity (Wildman–Crippen MR) is 114 cm³/mol. The van der Waals surface area contributed by atoms with Crippen molar-refractivity contribution in [1.82, 2.24) is 9.38 Å². The molecule has 6 heteroatoms. The monoisotopic (exact) mass is 402 g/mol. The van der Waals surface area contributed by atoms with Gasteiger partial charge in [-0.2, -0.15) is 4.98 Å². The van der Waals surface area contributed by atoms with Crippen molar-refractivity contribution in [2.45, 2.75) is 20.0 Å². The number of aromatic carboxylic acids is 1. The van der Waals surface area contributed by atoms with E-state index in [0.717, 1.165) is 11.1 Å². The van der Waals surface area contributed by atoms with Gasteiger partial charge in [-0.1, -0.05) is 48.5 Å². The van der Waals surface area contributed by atoms with Gasteiger partial charge in [-0.15, -0.1) is 0 Å². The summed E-state index contributed by atoms with van der Waals surface area (Å²) in [5, 5.41) is 20.6. The van der Waals surface area contributed by atoms with Crippen molar-refractivity contribution in [3.8, 4) is 17.0 Å². The number of pyridine rings is 1. The number of carboxylic acids is 1. The van der Waals surface area contributed by atoms with E-state index in [2.05, 4.69) is 4.98 Å². The third-order valence-electron chi connectivity index (χ3n) is 5.10. The fourth-order valence-corrected chi connectivity index (χ4v) is 3.65. The molecule has 0 spiro atoms. The SMILES string of the molecule is CCOc1cn2c(C(O)c3ccc(-c4ccccc4C(=O)O)cc3)c(C)ccc2n1. The van der Waals surface area contributed by atoms with Crippen LogP contribution >= 0.6 is 0 Å². The third-order valence-corrected chi connectivity index (χ3v) is 5.10. The van der Waals surface area contributed by atoms with E-state index in [0.29, 0.717) is 35.0 Å². The van der Waals surface area contributed by atoms with Crippen molar-refractivity contribution in [1.29, 1.82) is 0 Å². The van der Waals surface area contributed by atoms with E-state index >= 15 is 0 Å². The van der Waals surface area contributed by atoms with Gasteiger partial charge in [0, 0.05) is 0 Å². The number of imidazole rings is 1. The van der Waals surface area contributed by atoms with E-state index < -0.39 is 12.1 Å². The van der Waals surface area contributed by atoms with E-state index in [4.69, 9.17) is 4.74 Å². The molecule has 152 valence electrons. The summed E-state index contributed by atoms with van der Waals surface area (Å²) in [6, 6.07) is 18.0. The maximum absolute atomic E-state index is 11.5. The number of fused-ring (bicyclic) bond motifs is 1. The Balaban J connectivity index is 1.72. The molecule has 0 aliphatic heterocycles. The van der Waals surface area contributed by atoms with Crippen LogP contribution in [-0.2, 0) is 0 Å². The molecular weight excluding hydrogens is 380 g/mol. The van der Waals surface area contributed by atoms with Crippen molar-refractivity contribution >= 4 is 11.6 Å².